The first-order valence-electron chi connectivity index (χ1n) is 17.1. The number of halogens is 2. The highest BCUT2D eigenvalue weighted by Gasteiger charge is 2.52. The lowest BCUT2D eigenvalue weighted by Crippen LogP contribution is -2.69. The van der Waals surface area contributed by atoms with Crippen LogP contribution < -0.4 is 5.32 Å². The van der Waals surface area contributed by atoms with Crippen LogP contribution in [0.3, 0.4) is 0 Å². The second-order valence-corrected chi connectivity index (χ2v) is 14.7. The summed E-state index contributed by atoms with van der Waals surface area (Å²) in [6, 6.07) is 11.2. The SMILES string of the molecule is Cc1c(Cl)cc(COC(=O)N2CC[C@@H](N3CCc4ccccc4NC3=O)C[C@@]2(CC=O)N2CCC(C3CCN(C)CC3)CC2)cc1Cl. The van der Waals surface area contributed by atoms with Crippen molar-refractivity contribution in [1.29, 1.82) is 0 Å². The number of fused-ring (bicyclic) bond motifs is 1. The summed E-state index contributed by atoms with van der Waals surface area (Å²) in [4.78, 5) is 48.6. The maximum Gasteiger partial charge on any atom is 0.411 e. The monoisotopic (exact) mass is 683 g/mol. The minimum absolute atomic E-state index is 0.0145. The molecule has 4 aliphatic rings. The summed E-state index contributed by atoms with van der Waals surface area (Å²) in [6.07, 6.45) is 6.93. The van der Waals surface area contributed by atoms with E-state index in [2.05, 4.69) is 28.2 Å². The molecule has 11 heteroatoms. The number of rotatable bonds is 7. The summed E-state index contributed by atoms with van der Waals surface area (Å²) in [5.74, 6) is 1.35. The molecule has 6 rings (SSSR count). The summed E-state index contributed by atoms with van der Waals surface area (Å²) in [5, 5.41) is 4.15. The van der Waals surface area contributed by atoms with Gasteiger partial charge in [0.15, 0.2) is 0 Å². The fourth-order valence-electron chi connectivity index (χ4n) is 8.39. The molecule has 3 saturated heterocycles. The Bertz CT molecular complexity index is 1440. The zero-order valence-electron chi connectivity index (χ0n) is 27.6. The van der Waals surface area contributed by atoms with Crippen molar-refractivity contribution in [1.82, 2.24) is 19.6 Å². The van der Waals surface area contributed by atoms with Crippen molar-refractivity contribution in [2.45, 2.75) is 76.6 Å². The lowest BCUT2D eigenvalue weighted by molar-refractivity contribution is -0.129. The van der Waals surface area contributed by atoms with E-state index in [0.29, 0.717) is 53.4 Å². The van der Waals surface area contributed by atoms with Gasteiger partial charge in [-0.25, -0.2) is 9.59 Å². The number of likely N-dealkylation sites (tertiary alicyclic amines) is 3. The van der Waals surface area contributed by atoms with Crippen LogP contribution in [0.5, 0.6) is 0 Å². The van der Waals surface area contributed by atoms with E-state index in [4.69, 9.17) is 27.9 Å². The predicted molar refractivity (Wildman–Crippen MR) is 185 cm³/mol. The number of benzene rings is 2. The molecule has 9 nitrogen and oxygen atoms in total. The van der Waals surface area contributed by atoms with E-state index < -0.39 is 11.8 Å². The summed E-state index contributed by atoms with van der Waals surface area (Å²) < 4.78 is 5.93. The van der Waals surface area contributed by atoms with Crippen molar-refractivity contribution in [2.75, 3.05) is 51.6 Å². The quantitative estimate of drug-likeness (QED) is 0.322. The smallest absolute Gasteiger partial charge is 0.411 e. The average Bonchev–Trinajstić information content (AvgIpc) is 3.24. The van der Waals surface area contributed by atoms with Crippen molar-refractivity contribution in [3.05, 3.63) is 63.1 Å². The van der Waals surface area contributed by atoms with Crippen LogP contribution in [0.1, 0.15) is 61.6 Å². The van der Waals surface area contributed by atoms with E-state index in [1.165, 1.54) is 12.8 Å². The average molecular weight is 685 g/mol. The molecule has 0 radical (unpaired) electrons. The summed E-state index contributed by atoms with van der Waals surface area (Å²) in [6.45, 7) is 6.67. The number of anilines is 1. The molecule has 3 amide bonds. The first-order chi connectivity index (χ1) is 22.7. The van der Waals surface area contributed by atoms with Gasteiger partial charge in [0.1, 0.15) is 18.6 Å². The number of aldehydes is 1. The topological polar surface area (TPSA) is 85.4 Å². The number of para-hydroxylation sites is 1. The van der Waals surface area contributed by atoms with E-state index in [1.807, 2.05) is 30.0 Å². The van der Waals surface area contributed by atoms with Gasteiger partial charge >= 0.3 is 12.1 Å². The number of hydrogen-bond acceptors (Lipinski definition) is 6. The number of amides is 3. The normalized spacial score (nSPS) is 25.2. The number of hydrogen-bond donors (Lipinski definition) is 1. The Balaban J connectivity index is 1.24. The van der Waals surface area contributed by atoms with Crippen LogP contribution in [0.2, 0.25) is 10.0 Å². The first kappa shape index (κ1) is 34.0. The fraction of sp³-hybridized carbons (Fsp3) is 0.583. The van der Waals surface area contributed by atoms with Crippen LogP contribution in [-0.4, -0.2) is 96.0 Å². The predicted octanol–water partition coefficient (Wildman–Crippen LogP) is 6.83. The zero-order chi connectivity index (χ0) is 33.1. The molecule has 4 heterocycles. The van der Waals surface area contributed by atoms with Crippen LogP contribution in [0.25, 0.3) is 0 Å². The van der Waals surface area contributed by atoms with Crippen LogP contribution in [-0.2, 0) is 22.6 Å². The van der Waals surface area contributed by atoms with Gasteiger partial charge in [-0.3, -0.25) is 9.80 Å². The molecule has 254 valence electrons. The van der Waals surface area contributed by atoms with Gasteiger partial charge in [0.05, 0.1) is 0 Å². The third kappa shape index (κ3) is 7.28. The number of nitrogens with one attached hydrogen (secondary N) is 1. The van der Waals surface area contributed by atoms with Gasteiger partial charge < -0.3 is 24.6 Å². The molecule has 2 aromatic rings. The summed E-state index contributed by atoms with van der Waals surface area (Å²) in [7, 11) is 2.19. The molecule has 0 aliphatic carbocycles. The minimum Gasteiger partial charge on any atom is -0.444 e. The standard InChI is InChI=1S/C36H47Cl2N5O4/c1-25-31(37)21-26(22-32(25)38)24-47-35(46)43-19-12-30(42-18-11-29-5-3-4-6-33(29)39-34(42)45)23-36(43,13-20-44)41-16-9-28(10-17-41)27-7-14-40(2)15-8-27/h3-6,20-22,27-28,30H,7-19,23-24H2,1-2H3,(H,39,45)/t30-,36+/m1/s1. The van der Waals surface area contributed by atoms with Gasteiger partial charge in [-0.15, -0.1) is 0 Å². The Kier molecular flexibility index (Phi) is 10.7. The van der Waals surface area contributed by atoms with Crippen molar-refractivity contribution in [3.63, 3.8) is 0 Å². The zero-order valence-corrected chi connectivity index (χ0v) is 29.1. The van der Waals surface area contributed by atoms with Crippen LogP contribution in [0, 0.1) is 18.8 Å². The third-order valence-corrected chi connectivity index (χ3v) is 12.0. The minimum atomic E-state index is -0.901. The van der Waals surface area contributed by atoms with E-state index in [0.717, 1.165) is 68.5 Å². The van der Waals surface area contributed by atoms with Crippen molar-refractivity contribution >= 4 is 47.3 Å². The van der Waals surface area contributed by atoms with Crippen molar-refractivity contribution in [3.8, 4) is 0 Å². The third-order valence-electron chi connectivity index (χ3n) is 11.2. The van der Waals surface area contributed by atoms with Gasteiger partial charge in [0, 0.05) is 60.8 Å². The molecule has 2 aromatic carbocycles. The molecule has 47 heavy (non-hydrogen) atoms. The van der Waals surface area contributed by atoms with E-state index >= 15 is 0 Å². The molecule has 0 spiro atoms. The number of carbonyl (C=O) groups excluding carboxylic acids is 3. The van der Waals surface area contributed by atoms with E-state index in [1.54, 1.807) is 17.0 Å². The number of ether oxygens (including phenoxy) is 1. The van der Waals surface area contributed by atoms with Crippen molar-refractivity contribution in [2.24, 2.45) is 11.8 Å². The largest absolute Gasteiger partial charge is 0.444 e. The Morgan fingerprint density at radius 2 is 1.64 bits per heavy atom. The molecule has 0 unspecified atom stereocenters. The molecule has 1 N–H and O–H groups in total. The van der Waals surface area contributed by atoms with Gasteiger partial charge in [0.2, 0.25) is 0 Å². The molecular formula is C36H47Cl2N5O4. The van der Waals surface area contributed by atoms with Gasteiger partial charge in [-0.1, -0.05) is 41.4 Å². The Hall–Kier alpha value is -2.85. The summed E-state index contributed by atoms with van der Waals surface area (Å²) in [5.41, 5.74) is 2.53. The highest BCUT2D eigenvalue weighted by Crippen LogP contribution is 2.42. The van der Waals surface area contributed by atoms with Crippen LogP contribution >= 0.6 is 23.2 Å². The fourth-order valence-corrected chi connectivity index (χ4v) is 8.92. The van der Waals surface area contributed by atoms with Gasteiger partial charge in [0.25, 0.3) is 0 Å². The van der Waals surface area contributed by atoms with E-state index in [9.17, 15) is 14.4 Å². The molecule has 0 aromatic heterocycles. The molecule has 4 aliphatic heterocycles. The Labute approximate surface area is 288 Å². The highest BCUT2D eigenvalue weighted by molar-refractivity contribution is 6.36. The maximum atomic E-state index is 14.0. The highest BCUT2D eigenvalue weighted by atomic mass is 35.5. The Morgan fingerprint density at radius 1 is 0.979 bits per heavy atom. The number of piperidine rings is 3. The maximum absolute atomic E-state index is 14.0. The Morgan fingerprint density at radius 3 is 2.32 bits per heavy atom. The second-order valence-electron chi connectivity index (χ2n) is 13.9. The van der Waals surface area contributed by atoms with E-state index in [-0.39, 0.29) is 25.1 Å². The lowest BCUT2D eigenvalue weighted by Gasteiger charge is -2.57. The molecule has 3 fully saturated rings. The molecule has 0 saturated carbocycles. The van der Waals surface area contributed by atoms with Crippen molar-refractivity contribution < 1.29 is 19.1 Å². The van der Waals surface area contributed by atoms with Crippen LogP contribution in [0.4, 0.5) is 15.3 Å². The molecule has 0 bridgehead atoms. The summed E-state index contributed by atoms with van der Waals surface area (Å²) >= 11 is 12.7. The number of nitrogens with zero attached hydrogens (tertiary/aromatic N) is 4. The van der Waals surface area contributed by atoms with Crippen LogP contribution in [0.15, 0.2) is 36.4 Å². The number of urea groups is 1. The lowest BCUT2D eigenvalue weighted by atomic mass is 9.77. The second kappa shape index (κ2) is 14.7. The molecule has 2 atom stereocenters. The van der Waals surface area contributed by atoms with Gasteiger partial charge in [-0.2, -0.15) is 0 Å². The first-order valence-corrected chi connectivity index (χ1v) is 17.9. The number of carbonyl (C=O) groups is 3. The van der Waals surface area contributed by atoms with Gasteiger partial charge in [-0.05, 0) is 112 Å². The molecular weight excluding hydrogens is 637 g/mol.